The Morgan fingerprint density at radius 1 is 1.90 bits per heavy atom. The molecule has 2 N–H and O–H groups in total. The lowest BCUT2D eigenvalue weighted by Crippen LogP contribution is -1.96. The molecule has 0 fully saturated rings. The standard InChI is InChI=1S/C5H5N3O2/c6-2-4-1-5(3-9-7)10-8-4/h1H,3,7H2. The smallest absolute Gasteiger partial charge is 0.183 e. The fraction of sp³-hybridized carbons (Fsp3) is 0.200. The summed E-state index contributed by atoms with van der Waals surface area (Å²) in [6, 6.07) is 3.27. The van der Waals surface area contributed by atoms with Crippen LogP contribution in [0.3, 0.4) is 0 Å². The Hall–Kier alpha value is -1.38. The Morgan fingerprint density at radius 2 is 2.70 bits per heavy atom. The summed E-state index contributed by atoms with van der Waals surface area (Å²) in [5.41, 5.74) is 0.229. The highest BCUT2D eigenvalue weighted by Gasteiger charge is 2.00. The van der Waals surface area contributed by atoms with Crippen LogP contribution < -0.4 is 5.90 Å². The summed E-state index contributed by atoms with van der Waals surface area (Å²) >= 11 is 0. The van der Waals surface area contributed by atoms with Crippen molar-refractivity contribution >= 4 is 0 Å². The lowest BCUT2D eigenvalue weighted by atomic mass is 10.4. The minimum absolute atomic E-state index is 0.134. The van der Waals surface area contributed by atoms with E-state index < -0.39 is 0 Å². The summed E-state index contributed by atoms with van der Waals surface area (Å²) in [5, 5.41) is 11.7. The molecule has 0 saturated heterocycles. The first kappa shape index (κ1) is 6.74. The van der Waals surface area contributed by atoms with E-state index in [0.29, 0.717) is 5.76 Å². The first-order chi connectivity index (χ1) is 4.86. The monoisotopic (exact) mass is 139 g/mol. The van der Waals surface area contributed by atoms with E-state index in [1.807, 2.05) is 0 Å². The van der Waals surface area contributed by atoms with Crippen molar-refractivity contribution in [2.45, 2.75) is 6.61 Å². The van der Waals surface area contributed by atoms with Crippen LogP contribution in [0.2, 0.25) is 0 Å². The normalized spacial score (nSPS) is 9.20. The first-order valence-electron chi connectivity index (χ1n) is 2.54. The average Bonchev–Trinajstić information content (AvgIpc) is 2.37. The number of nitrogens with zero attached hydrogens (tertiary/aromatic N) is 2. The van der Waals surface area contributed by atoms with Gasteiger partial charge in [-0.2, -0.15) is 5.26 Å². The van der Waals surface area contributed by atoms with Crippen LogP contribution in [0.25, 0.3) is 0 Å². The predicted octanol–water partition coefficient (Wildman–Crippen LogP) is -0.0634. The van der Waals surface area contributed by atoms with Gasteiger partial charge in [-0.1, -0.05) is 5.16 Å². The molecule has 0 aromatic carbocycles. The molecule has 0 atom stereocenters. The Morgan fingerprint density at radius 3 is 3.20 bits per heavy atom. The average molecular weight is 139 g/mol. The number of hydrogen-bond acceptors (Lipinski definition) is 5. The van der Waals surface area contributed by atoms with Gasteiger partial charge in [0.05, 0.1) is 0 Å². The fourth-order valence-corrected chi connectivity index (χ4v) is 0.516. The highest BCUT2D eigenvalue weighted by molar-refractivity contribution is 5.18. The predicted molar refractivity (Wildman–Crippen MR) is 30.2 cm³/mol. The van der Waals surface area contributed by atoms with Crippen LogP contribution in [0, 0.1) is 11.3 Å². The minimum atomic E-state index is 0.134. The summed E-state index contributed by atoms with van der Waals surface area (Å²) in [6.45, 7) is 0.134. The summed E-state index contributed by atoms with van der Waals surface area (Å²) in [7, 11) is 0. The van der Waals surface area contributed by atoms with Gasteiger partial charge >= 0.3 is 0 Å². The number of hydrogen-bond donors (Lipinski definition) is 1. The van der Waals surface area contributed by atoms with Crippen LogP contribution in [-0.2, 0) is 11.4 Å². The van der Waals surface area contributed by atoms with Gasteiger partial charge in [-0.05, 0) is 0 Å². The summed E-state index contributed by atoms with van der Waals surface area (Å²) in [5.74, 6) is 5.18. The largest absolute Gasteiger partial charge is 0.357 e. The fourth-order valence-electron chi connectivity index (χ4n) is 0.516. The molecule has 1 heterocycles. The molecule has 10 heavy (non-hydrogen) atoms. The second-order valence-corrected chi connectivity index (χ2v) is 1.60. The Labute approximate surface area is 56.9 Å². The van der Waals surface area contributed by atoms with Gasteiger partial charge in [0, 0.05) is 6.07 Å². The second kappa shape index (κ2) is 2.96. The SMILES string of the molecule is N#Cc1cc(CON)on1. The van der Waals surface area contributed by atoms with Crippen molar-refractivity contribution in [2.24, 2.45) is 5.90 Å². The van der Waals surface area contributed by atoms with Gasteiger partial charge in [0.25, 0.3) is 0 Å². The third-order valence-electron chi connectivity index (χ3n) is 0.899. The maximum Gasteiger partial charge on any atom is 0.183 e. The van der Waals surface area contributed by atoms with E-state index in [2.05, 4.69) is 14.5 Å². The van der Waals surface area contributed by atoms with Gasteiger partial charge in [-0.25, -0.2) is 5.90 Å². The van der Waals surface area contributed by atoms with E-state index in [4.69, 9.17) is 11.2 Å². The molecule has 0 bridgehead atoms. The topological polar surface area (TPSA) is 85.1 Å². The molecule has 0 spiro atoms. The minimum Gasteiger partial charge on any atom is -0.357 e. The number of rotatable bonds is 2. The third kappa shape index (κ3) is 1.31. The molecule has 1 aromatic heterocycles. The Balaban J connectivity index is 2.71. The maximum absolute atomic E-state index is 8.27. The summed E-state index contributed by atoms with van der Waals surface area (Å²) in [4.78, 5) is 4.24. The van der Waals surface area contributed by atoms with Crippen molar-refractivity contribution in [3.63, 3.8) is 0 Å². The summed E-state index contributed by atoms with van der Waals surface area (Å²) < 4.78 is 4.62. The molecule has 0 unspecified atom stereocenters. The van der Waals surface area contributed by atoms with E-state index >= 15 is 0 Å². The summed E-state index contributed by atoms with van der Waals surface area (Å²) in [6.07, 6.45) is 0. The van der Waals surface area contributed by atoms with Gasteiger partial charge in [-0.3, -0.25) is 4.84 Å². The molecule has 0 aliphatic carbocycles. The molecule has 1 aromatic rings. The van der Waals surface area contributed by atoms with E-state index in [1.165, 1.54) is 6.07 Å². The van der Waals surface area contributed by atoms with Crippen LogP contribution in [0.5, 0.6) is 0 Å². The molecule has 0 aliphatic rings. The van der Waals surface area contributed by atoms with Gasteiger partial charge in [0.15, 0.2) is 11.5 Å². The molecule has 0 aliphatic heterocycles. The molecule has 5 heteroatoms. The zero-order valence-corrected chi connectivity index (χ0v) is 5.07. The maximum atomic E-state index is 8.27. The molecule has 0 amide bonds. The zero-order chi connectivity index (χ0) is 7.40. The van der Waals surface area contributed by atoms with Gasteiger partial charge in [-0.15, -0.1) is 0 Å². The van der Waals surface area contributed by atoms with E-state index in [0.717, 1.165) is 0 Å². The molecular formula is C5H5N3O2. The van der Waals surface area contributed by atoms with E-state index in [-0.39, 0.29) is 12.3 Å². The first-order valence-corrected chi connectivity index (χ1v) is 2.54. The molecule has 1 rings (SSSR count). The van der Waals surface area contributed by atoms with Crippen molar-refractivity contribution in [1.29, 1.82) is 5.26 Å². The lowest BCUT2D eigenvalue weighted by Gasteiger charge is -1.86. The van der Waals surface area contributed by atoms with Crippen molar-refractivity contribution in [2.75, 3.05) is 0 Å². The number of aromatic nitrogens is 1. The van der Waals surface area contributed by atoms with Crippen molar-refractivity contribution in [1.82, 2.24) is 5.16 Å². The molecular weight excluding hydrogens is 134 g/mol. The van der Waals surface area contributed by atoms with Gasteiger partial charge < -0.3 is 4.52 Å². The van der Waals surface area contributed by atoms with Crippen molar-refractivity contribution in [3.8, 4) is 6.07 Å². The molecule has 0 saturated carbocycles. The number of nitrogens with two attached hydrogens (primary N) is 1. The Bertz CT molecular complexity index is 250. The van der Waals surface area contributed by atoms with Crippen LogP contribution in [-0.4, -0.2) is 5.16 Å². The van der Waals surface area contributed by atoms with Crippen LogP contribution >= 0.6 is 0 Å². The zero-order valence-electron chi connectivity index (χ0n) is 5.07. The van der Waals surface area contributed by atoms with Crippen LogP contribution in [0.1, 0.15) is 11.5 Å². The third-order valence-corrected chi connectivity index (χ3v) is 0.899. The van der Waals surface area contributed by atoms with Crippen LogP contribution in [0.4, 0.5) is 0 Å². The van der Waals surface area contributed by atoms with Crippen molar-refractivity contribution in [3.05, 3.63) is 17.5 Å². The van der Waals surface area contributed by atoms with E-state index in [1.54, 1.807) is 6.07 Å². The van der Waals surface area contributed by atoms with Crippen LogP contribution in [0.15, 0.2) is 10.6 Å². The quantitative estimate of drug-likeness (QED) is 0.580. The van der Waals surface area contributed by atoms with E-state index in [9.17, 15) is 0 Å². The Kier molecular flexibility index (Phi) is 1.99. The highest BCUT2D eigenvalue weighted by Crippen LogP contribution is 2.01. The highest BCUT2D eigenvalue weighted by atomic mass is 16.6. The van der Waals surface area contributed by atoms with Gasteiger partial charge in [0.2, 0.25) is 0 Å². The van der Waals surface area contributed by atoms with Gasteiger partial charge in [0.1, 0.15) is 12.7 Å². The molecule has 0 radical (unpaired) electrons. The second-order valence-electron chi connectivity index (χ2n) is 1.60. The lowest BCUT2D eigenvalue weighted by molar-refractivity contribution is 0.103. The molecule has 5 nitrogen and oxygen atoms in total. The molecule has 52 valence electrons. The number of nitriles is 1. The van der Waals surface area contributed by atoms with Crippen molar-refractivity contribution < 1.29 is 9.36 Å².